The molecule has 6 aromatic rings. The molecule has 0 aliphatic heterocycles. The highest BCUT2D eigenvalue weighted by Gasteiger charge is 2.10. The molecule has 0 saturated heterocycles. The van der Waals surface area contributed by atoms with E-state index in [1.54, 1.807) is 18.2 Å². The van der Waals surface area contributed by atoms with Crippen LogP contribution in [0.15, 0.2) is 91.0 Å². The van der Waals surface area contributed by atoms with E-state index >= 15 is 0 Å². The van der Waals surface area contributed by atoms with Crippen LogP contribution in [0.25, 0.3) is 44.1 Å². The first kappa shape index (κ1) is 19.5. The maximum absolute atomic E-state index is 11.0. The van der Waals surface area contributed by atoms with Crippen molar-refractivity contribution >= 4 is 50.1 Å². The molecule has 0 atom stereocenters. The Balaban J connectivity index is 0.000000136. The molecule has 6 heteroatoms. The number of carboxylic acids is 1. The molecule has 0 fully saturated rings. The highest BCUT2D eigenvalue weighted by molar-refractivity contribution is 6.01. The second-order valence-corrected chi connectivity index (χ2v) is 7.32. The van der Waals surface area contributed by atoms with Crippen molar-refractivity contribution < 1.29 is 14.5 Å². The molecule has 6 nitrogen and oxygen atoms in total. The monoisotopic (exact) mass is 418 g/mol. The Kier molecular flexibility index (Phi) is 4.88. The van der Waals surface area contributed by atoms with Gasteiger partial charge in [-0.25, -0.2) is 15.0 Å². The van der Waals surface area contributed by atoms with Gasteiger partial charge in [-0.1, -0.05) is 48.5 Å². The third-order valence-electron chi connectivity index (χ3n) is 5.32. The molecule has 0 saturated carbocycles. The lowest BCUT2D eigenvalue weighted by Crippen LogP contribution is -2.30. The molecule has 0 spiro atoms. The zero-order valence-electron chi connectivity index (χ0n) is 17.3. The number of carbonyl (C=O) groups excluding carboxylic acids is 1. The van der Waals surface area contributed by atoms with Crippen molar-refractivity contribution in [1.29, 1.82) is 0 Å². The van der Waals surface area contributed by atoms with Gasteiger partial charge < -0.3 is 9.90 Å². The first-order valence-corrected chi connectivity index (χ1v) is 10.1. The van der Waals surface area contributed by atoms with Gasteiger partial charge >= 0.3 is 0 Å². The minimum Gasteiger partial charge on any atom is -0.545 e. The Morgan fingerprint density at radius 2 is 1.09 bits per heavy atom. The summed E-state index contributed by atoms with van der Waals surface area (Å²) in [6.45, 7) is 0. The molecular formula is C26H18N4O2. The fourth-order valence-electron chi connectivity index (χ4n) is 3.75. The number of benzene rings is 4. The summed E-state index contributed by atoms with van der Waals surface area (Å²) < 4.78 is 2.18. The summed E-state index contributed by atoms with van der Waals surface area (Å²) in [5.74, 6) is -1.24. The third-order valence-corrected chi connectivity index (χ3v) is 5.32. The predicted octanol–water partition coefficient (Wildman–Crippen LogP) is 3.36. The van der Waals surface area contributed by atoms with Gasteiger partial charge in [0.2, 0.25) is 11.0 Å². The third kappa shape index (κ3) is 3.48. The number of aryl methyl sites for hydroxylation is 1. The number of hydrogen-bond donors (Lipinski definition) is 0. The van der Waals surface area contributed by atoms with E-state index in [1.165, 1.54) is 6.07 Å². The van der Waals surface area contributed by atoms with Crippen molar-refractivity contribution in [3.63, 3.8) is 0 Å². The van der Waals surface area contributed by atoms with Crippen LogP contribution in [0.1, 0.15) is 10.4 Å². The first-order valence-electron chi connectivity index (χ1n) is 10.1. The van der Waals surface area contributed by atoms with Gasteiger partial charge in [0.1, 0.15) is 18.1 Å². The van der Waals surface area contributed by atoms with Crippen LogP contribution in [0.5, 0.6) is 0 Å². The Hall–Kier alpha value is -4.45. The Bertz CT molecular complexity index is 1580. The van der Waals surface area contributed by atoms with Crippen molar-refractivity contribution in [2.45, 2.75) is 0 Å². The highest BCUT2D eigenvalue weighted by Crippen LogP contribution is 2.18. The molecular weight excluding hydrogens is 400 g/mol. The molecule has 4 aromatic carbocycles. The van der Waals surface area contributed by atoms with Gasteiger partial charge in [0, 0.05) is 17.7 Å². The van der Waals surface area contributed by atoms with E-state index in [9.17, 15) is 9.90 Å². The van der Waals surface area contributed by atoms with E-state index in [-0.39, 0.29) is 5.56 Å². The van der Waals surface area contributed by atoms with E-state index in [0.29, 0.717) is 16.6 Å². The smallest absolute Gasteiger partial charge is 0.231 e. The van der Waals surface area contributed by atoms with Crippen molar-refractivity contribution in [3.8, 4) is 0 Å². The molecule has 154 valence electrons. The van der Waals surface area contributed by atoms with Gasteiger partial charge in [-0.15, -0.1) is 0 Å². The summed E-state index contributed by atoms with van der Waals surface area (Å²) in [5, 5.41) is 11.0. The molecule has 32 heavy (non-hydrogen) atoms. The fraction of sp³-hybridized carbons (Fsp3) is 0.0385. The predicted molar refractivity (Wildman–Crippen MR) is 122 cm³/mol. The van der Waals surface area contributed by atoms with Gasteiger partial charge in [0.25, 0.3) is 0 Å². The topological polar surface area (TPSA) is 82.7 Å². The number of aromatic carboxylic acids is 1. The SMILES string of the molecule is C[n+]1c2ccccc2nc2ccccc21.O=C([O-])c1cccc2nc3ccccc3nc12. The molecule has 0 N–H and O–H groups in total. The summed E-state index contributed by atoms with van der Waals surface area (Å²) in [7, 11) is 2.08. The molecule has 0 aliphatic rings. The average molecular weight is 418 g/mol. The van der Waals surface area contributed by atoms with Crippen molar-refractivity contribution in [1.82, 2.24) is 15.0 Å². The molecule has 0 radical (unpaired) electrons. The number of para-hydroxylation sites is 7. The second-order valence-electron chi connectivity index (χ2n) is 7.32. The van der Waals surface area contributed by atoms with E-state index < -0.39 is 5.97 Å². The van der Waals surface area contributed by atoms with E-state index in [0.717, 1.165) is 27.6 Å². The molecule has 0 bridgehead atoms. The Labute approximate surface area is 183 Å². The van der Waals surface area contributed by atoms with Gasteiger partial charge in [-0.3, -0.25) is 0 Å². The maximum atomic E-state index is 11.0. The lowest BCUT2D eigenvalue weighted by atomic mass is 10.1. The summed E-state index contributed by atoms with van der Waals surface area (Å²) >= 11 is 0. The van der Waals surface area contributed by atoms with Crippen LogP contribution in [0.2, 0.25) is 0 Å². The lowest BCUT2D eigenvalue weighted by molar-refractivity contribution is -0.617. The number of fused-ring (bicyclic) bond motifs is 4. The molecule has 0 aliphatic carbocycles. The fourth-order valence-corrected chi connectivity index (χ4v) is 3.75. The molecule has 0 amide bonds. The minimum absolute atomic E-state index is 0.0701. The zero-order chi connectivity index (χ0) is 22.1. The number of carbonyl (C=O) groups is 1. The van der Waals surface area contributed by atoms with E-state index in [1.807, 2.05) is 54.6 Å². The normalized spacial score (nSPS) is 10.9. The van der Waals surface area contributed by atoms with Crippen LogP contribution in [0.3, 0.4) is 0 Å². The number of hydrogen-bond acceptors (Lipinski definition) is 5. The van der Waals surface area contributed by atoms with Crippen LogP contribution < -0.4 is 9.67 Å². The van der Waals surface area contributed by atoms with E-state index in [4.69, 9.17) is 0 Å². The summed E-state index contributed by atoms with van der Waals surface area (Å²) in [4.78, 5) is 24.3. The number of aromatic nitrogens is 4. The first-order chi connectivity index (χ1) is 15.6. The zero-order valence-corrected chi connectivity index (χ0v) is 17.3. The molecule has 2 heterocycles. The van der Waals surface area contributed by atoms with Crippen LogP contribution in [0, 0.1) is 0 Å². The van der Waals surface area contributed by atoms with Crippen molar-refractivity contribution in [2.24, 2.45) is 7.05 Å². The lowest BCUT2D eigenvalue weighted by Gasteiger charge is -2.06. The molecule has 2 aromatic heterocycles. The van der Waals surface area contributed by atoms with E-state index in [2.05, 4.69) is 38.7 Å². The van der Waals surface area contributed by atoms with Gasteiger partial charge in [0.05, 0.1) is 28.0 Å². The van der Waals surface area contributed by atoms with Crippen LogP contribution in [-0.4, -0.2) is 20.9 Å². The standard InChI is InChI=1S/C13H8N2O2.C13H11N2/c16-13(17)8-4-3-7-11-12(8)15-10-6-2-1-5-9(10)14-11;1-15-12-8-4-2-6-10(12)14-11-7-3-5-9-13(11)15/h1-7H,(H,16,17);2-9H,1H3/q;+1/p-1. The largest absolute Gasteiger partial charge is 0.545 e. The van der Waals surface area contributed by atoms with Crippen LogP contribution >= 0.6 is 0 Å². The number of nitrogens with zero attached hydrogens (tertiary/aromatic N) is 4. The van der Waals surface area contributed by atoms with Gasteiger partial charge in [-0.05, 0) is 30.3 Å². The second kappa shape index (κ2) is 8.00. The quantitative estimate of drug-likeness (QED) is 0.302. The molecule has 0 unspecified atom stereocenters. The highest BCUT2D eigenvalue weighted by atomic mass is 16.4. The average Bonchev–Trinajstić information content (AvgIpc) is 2.83. The Morgan fingerprint density at radius 1 is 0.625 bits per heavy atom. The minimum atomic E-state index is -1.24. The number of rotatable bonds is 1. The number of carboxylic acid groups (broad SMARTS) is 1. The summed E-state index contributed by atoms with van der Waals surface area (Å²) in [6, 6.07) is 28.6. The Morgan fingerprint density at radius 3 is 1.69 bits per heavy atom. The van der Waals surface area contributed by atoms with Gasteiger partial charge in [-0.2, -0.15) is 4.57 Å². The maximum Gasteiger partial charge on any atom is 0.231 e. The summed E-state index contributed by atoms with van der Waals surface area (Å²) in [5.41, 5.74) is 6.83. The van der Waals surface area contributed by atoms with Crippen LogP contribution in [-0.2, 0) is 7.05 Å². The van der Waals surface area contributed by atoms with Crippen molar-refractivity contribution in [2.75, 3.05) is 0 Å². The summed E-state index contributed by atoms with van der Waals surface area (Å²) in [6.07, 6.45) is 0. The molecule has 6 rings (SSSR count). The van der Waals surface area contributed by atoms with Gasteiger partial charge in [0.15, 0.2) is 0 Å². The van der Waals surface area contributed by atoms with Crippen molar-refractivity contribution in [3.05, 3.63) is 96.6 Å². The van der Waals surface area contributed by atoms with Crippen LogP contribution in [0.4, 0.5) is 0 Å².